The second-order valence-corrected chi connectivity index (χ2v) is 10.7. The van der Waals surface area contributed by atoms with Crippen molar-refractivity contribution in [3.05, 3.63) is 22.3 Å². The molecule has 0 atom stereocenters. The summed E-state index contributed by atoms with van der Waals surface area (Å²) in [6.45, 7) is 27.4. The van der Waals surface area contributed by atoms with Gasteiger partial charge in [0.2, 0.25) is 0 Å². The Bertz CT molecular complexity index is 370. The average Bonchev–Trinajstić information content (AvgIpc) is 3.21. The molecule has 0 aromatic rings. The van der Waals surface area contributed by atoms with E-state index in [0.717, 1.165) is 104 Å². The molecule has 0 heterocycles. The SMILES string of the molecule is C.C.C.C.C.C.C.C.C.C.C.C.C.C.C.C.C.C.C.C.C.C.C.C.C.C.C.C.C.C.C.C.C.C.C.C.C.C.C.C.CCCOCCO.CCCOCCO.CCCOCCO.CCCOCCO.CCCOCCO.CCCOCCO.CCCOCCO.CCCOCCO.[CH3-].[CH3-].[CH3-].[U].[U].[U].[U].[U].[U]. The van der Waals surface area contributed by atoms with E-state index in [1.165, 1.54) is 0 Å². The molecule has 0 aliphatic rings. The van der Waals surface area contributed by atoms with Crippen LogP contribution in [0.25, 0.3) is 0 Å². The molecule has 0 bridgehead atoms. The number of aliphatic hydroxyl groups is 8. The number of ether oxygens (including phenoxy) is 8. The molecule has 0 amide bonds. The molecule has 0 aromatic carbocycles. The molecule has 16 nitrogen and oxygen atoms in total. The van der Waals surface area contributed by atoms with Gasteiger partial charge in [0.1, 0.15) is 0 Å². The van der Waals surface area contributed by atoms with Crippen LogP contribution in [-0.2, 0) is 37.9 Å². The fourth-order valence-electron chi connectivity index (χ4n) is 2.49. The first-order valence-corrected chi connectivity index (χ1v) is 20.8. The number of hydrogen-bond acceptors (Lipinski definition) is 16. The minimum absolute atomic E-state index is 0. The predicted molar refractivity (Wildman–Crippen MR) is 514 cm³/mol. The van der Waals surface area contributed by atoms with E-state index in [-0.39, 0.29) is 559 Å². The van der Waals surface area contributed by atoms with Crippen LogP contribution in [0.1, 0.15) is 404 Å². The van der Waals surface area contributed by atoms with Crippen molar-refractivity contribution in [1.82, 2.24) is 0 Å². The van der Waals surface area contributed by atoms with Crippen molar-refractivity contribution in [1.29, 1.82) is 0 Å². The fourth-order valence-corrected chi connectivity index (χ4v) is 2.49. The van der Waals surface area contributed by atoms with Crippen LogP contribution in [0.4, 0.5) is 0 Å². The minimum Gasteiger partial charge on any atom is -0.394 e. The van der Waals surface area contributed by atoms with Crippen molar-refractivity contribution in [2.45, 2.75) is 404 Å². The average molecular weight is 2950 g/mol. The van der Waals surface area contributed by atoms with Crippen molar-refractivity contribution >= 4 is 0 Å². The molecule has 0 fully saturated rings. The van der Waals surface area contributed by atoms with Crippen molar-refractivity contribution < 1.29 is 265 Å². The summed E-state index contributed by atoms with van der Waals surface area (Å²) in [6, 6.07) is 0. The van der Waals surface area contributed by atoms with Crippen LogP contribution in [-0.4, -0.2) is 199 Å². The Kier molecular flexibility index (Phi) is 2730. The van der Waals surface area contributed by atoms with E-state index >= 15 is 0 Å². The Morgan fingerprint density at radius 1 is 0.124 bits per heavy atom. The van der Waals surface area contributed by atoms with Gasteiger partial charge in [0.05, 0.1) is 106 Å². The van der Waals surface area contributed by atoms with E-state index in [0.29, 0.717) is 52.9 Å². The third-order valence-electron chi connectivity index (χ3n) is 4.67. The Labute approximate surface area is 839 Å². The Morgan fingerprint density at radius 3 is 0.200 bits per heavy atom. The summed E-state index contributed by atoms with van der Waals surface area (Å²) in [4.78, 5) is 0. The summed E-state index contributed by atoms with van der Waals surface area (Å²) >= 11 is 0. The molecule has 105 heavy (non-hydrogen) atoms. The van der Waals surface area contributed by atoms with Crippen molar-refractivity contribution in [3.63, 3.8) is 0 Å². The quantitative estimate of drug-likeness (QED) is 0.0231. The van der Waals surface area contributed by atoms with Gasteiger partial charge in [0.15, 0.2) is 0 Å². The van der Waals surface area contributed by atoms with E-state index in [4.69, 9.17) is 78.7 Å². The molecular formula is C83H265O16U6-3. The van der Waals surface area contributed by atoms with Crippen LogP contribution in [0.15, 0.2) is 0 Å². The molecule has 0 radical (unpaired) electrons. The maximum absolute atomic E-state index is 8.17. The van der Waals surface area contributed by atoms with E-state index < -0.39 is 0 Å². The Morgan fingerprint density at radius 2 is 0.171 bits per heavy atom. The molecule has 0 aliphatic carbocycles. The van der Waals surface area contributed by atoms with Gasteiger partial charge >= 0.3 is 0 Å². The number of rotatable bonds is 32. The second kappa shape index (κ2) is 621. The first-order chi connectivity index (χ1) is 27.3. The summed E-state index contributed by atoms with van der Waals surface area (Å²) < 4.78 is 39.1. The maximum Gasteiger partial charge on any atom is 0.0697 e. The van der Waals surface area contributed by atoms with Crippen molar-refractivity contribution in [3.8, 4) is 0 Å². The van der Waals surface area contributed by atoms with Gasteiger partial charge in [-0.3, -0.25) is 0 Å². The second-order valence-electron chi connectivity index (χ2n) is 10.7. The van der Waals surface area contributed by atoms with Gasteiger partial charge in [-0.25, -0.2) is 0 Å². The maximum atomic E-state index is 8.17. The topological polar surface area (TPSA) is 236 Å². The summed E-state index contributed by atoms with van der Waals surface area (Å²) in [6.07, 6.45) is 8.22. The molecule has 22 heteroatoms. The van der Waals surface area contributed by atoms with Gasteiger partial charge in [-0.2, -0.15) is 0 Å². The molecular weight excluding hydrogens is 2680 g/mol. The van der Waals surface area contributed by atoms with Crippen LogP contribution >= 0.6 is 0 Å². The zero-order chi connectivity index (χ0) is 44.3. The molecule has 0 saturated heterocycles. The molecule has 0 saturated carbocycles. The normalized spacial score (nSPS) is 5.03. The monoisotopic (exact) mass is 2950 g/mol. The number of aliphatic hydroxyl groups excluding tert-OH is 8. The van der Waals surface area contributed by atoms with Gasteiger partial charge in [-0.1, -0.05) is 352 Å². The van der Waals surface area contributed by atoms with E-state index in [9.17, 15) is 0 Å². The van der Waals surface area contributed by atoms with Crippen LogP contribution in [0.3, 0.4) is 0 Å². The van der Waals surface area contributed by atoms with Crippen LogP contribution in [0.5, 0.6) is 0 Å². The van der Waals surface area contributed by atoms with Gasteiger partial charge in [0.25, 0.3) is 0 Å². The Balaban J connectivity index is -0.00000000427. The summed E-state index contributed by atoms with van der Waals surface area (Å²) in [7, 11) is 0. The largest absolute Gasteiger partial charge is 0.394 e. The third kappa shape index (κ3) is 896. The Hall–Kier alpha value is 5.67. The van der Waals surface area contributed by atoms with Crippen LogP contribution in [0.2, 0.25) is 0 Å². The molecule has 720 valence electrons. The molecule has 0 rings (SSSR count). The first-order valence-electron chi connectivity index (χ1n) is 20.8. The molecule has 0 aromatic heterocycles. The van der Waals surface area contributed by atoms with Gasteiger partial charge < -0.3 is 101 Å². The van der Waals surface area contributed by atoms with Crippen LogP contribution in [0, 0.1) is 209 Å². The van der Waals surface area contributed by atoms with Crippen molar-refractivity contribution in [2.75, 3.05) is 159 Å². The predicted octanol–water partition coefficient (Wildman–Crippen LogP) is 30.0. The first kappa shape index (κ1) is 462. The molecule has 8 N–H and O–H groups in total. The zero-order valence-electron chi connectivity index (χ0n) is 43.5. The number of hydrogen-bond donors (Lipinski definition) is 8. The standard InChI is InChI=1S/8C5H12O2.40CH4.3CH3.6U/c8*1-2-4-7-5-3-6;;;;;;;;;;;;;;;;;;;;;;;;;;;;;;;;;;;;;;;;;;;;;;;;;/h8*6H,2-5H2,1H3;40*1H4;3*1H3;;;;;;/q;;;;;;;;;;;;;;;;;;;;;;;;;;;;;;;;;;;;;;;;;;;;;;;;3*-1;;;;;;. The van der Waals surface area contributed by atoms with Gasteiger partial charge in [-0.05, 0) is 51.4 Å². The fraction of sp³-hybridized carbons (Fsp3) is 0.964. The molecule has 0 spiro atoms. The summed E-state index contributed by atoms with van der Waals surface area (Å²) in [5, 5.41) is 65.3. The van der Waals surface area contributed by atoms with Crippen molar-refractivity contribution in [2.24, 2.45) is 0 Å². The summed E-state index contributed by atoms with van der Waals surface area (Å²) in [5.74, 6) is 0. The van der Waals surface area contributed by atoms with E-state index in [2.05, 4.69) is 0 Å². The molecule has 0 unspecified atom stereocenters. The van der Waals surface area contributed by atoms with Gasteiger partial charge in [0, 0.05) is 240 Å². The smallest absolute Gasteiger partial charge is 0.0697 e. The minimum atomic E-state index is 0. The third-order valence-corrected chi connectivity index (χ3v) is 4.67. The van der Waals surface area contributed by atoms with E-state index in [1.54, 1.807) is 0 Å². The zero-order valence-corrected chi connectivity index (χ0v) is 68.5. The molecule has 0 aliphatic heterocycles. The van der Waals surface area contributed by atoms with Crippen LogP contribution < -0.4 is 0 Å². The van der Waals surface area contributed by atoms with E-state index in [1.807, 2.05) is 55.4 Å². The van der Waals surface area contributed by atoms with Gasteiger partial charge in [-0.15, -0.1) is 0 Å². The summed E-state index contributed by atoms with van der Waals surface area (Å²) in [5.41, 5.74) is 0.